The molecule has 39 heavy (non-hydrogen) atoms. The summed E-state index contributed by atoms with van der Waals surface area (Å²) in [6.45, 7) is 3.81. The van der Waals surface area contributed by atoms with Crippen LogP contribution < -0.4 is 20.9 Å². The number of benzene rings is 1. The molecular weight excluding hydrogens is 500 g/mol. The Morgan fingerprint density at radius 1 is 1.13 bits per heavy atom. The SMILES string of the molecule is CC(C)[C@H](NC(=O)c1cccnc1)C(=O)N[C@H]1CCc2cccc3c2N(C1=O)[C@H](C(=O)NCc1cn[nH]n1)C3. The Labute approximate surface area is 225 Å². The maximum atomic E-state index is 13.9. The van der Waals surface area contributed by atoms with E-state index in [9.17, 15) is 19.2 Å². The molecule has 0 unspecified atom stereocenters. The standard InChI is InChI=1S/C27H30N8O4/c1-15(2)22(32-24(36)18-7-4-10-28-12-18)26(38)31-20-9-8-16-5-3-6-17-11-21(35(23(16)17)27(20)39)25(37)29-13-19-14-30-34-33-19/h3-7,10,12,14-15,20-22H,8-9,11,13H2,1-2H3,(H,29,37)(H,31,38)(H,32,36)(H,30,33,34)/t20-,21-,22-/m0/s1. The molecule has 12 nitrogen and oxygen atoms in total. The number of anilines is 1. The Morgan fingerprint density at radius 2 is 1.95 bits per heavy atom. The molecule has 3 aromatic rings. The van der Waals surface area contributed by atoms with Crippen molar-refractivity contribution in [2.24, 2.45) is 5.92 Å². The molecule has 4 N–H and O–H groups in total. The van der Waals surface area contributed by atoms with Crippen LogP contribution in [0.2, 0.25) is 0 Å². The van der Waals surface area contributed by atoms with Gasteiger partial charge in [-0.1, -0.05) is 32.0 Å². The van der Waals surface area contributed by atoms with Crippen molar-refractivity contribution in [2.75, 3.05) is 4.90 Å². The predicted octanol–water partition coefficient (Wildman–Crippen LogP) is 0.659. The number of aromatic nitrogens is 4. The fourth-order valence-electron chi connectivity index (χ4n) is 5.10. The summed E-state index contributed by atoms with van der Waals surface area (Å²) in [6.07, 6.45) is 5.79. The van der Waals surface area contributed by atoms with Gasteiger partial charge in [-0.05, 0) is 42.0 Å². The smallest absolute Gasteiger partial charge is 0.253 e. The van der Waals surface area contributed by atoms with Crippen molar-refractivity contribution < 1.29 is 19.2 Å². The highest BCUT2D eigenvalue weighted by molar-refractivity contribution is 6.08. The van der Waals surface area contributed by atoms with Gasteiger partial charge in [-0.2, -0.15) is 15.4 Å². The van der Waals surface area contributed by atoms with Crippen molar-refractivity contribution in [1.29, 1.82) is 0 Å². The molecule has 1 aromatic carbocycles. The van der Waals surface area contributed by atoms with Crippen molar-refractivity contribution in [1.82, 2.24) is 36.3 Å². The summed E-state index contributed by atoms with van der Waals surface area (Å²) < 4.78 is 0. The number of aromatic amines is 1. The van der Waals surface area contributed by atoms with Crippen LogP contribution in [0.3, 0.4) is 0 Å². The molecule has 0 saturated carbocycles. The van der Waals surface area contributed by atoms with Gasteiger partial charge in [-0.25, -0.2) is 0 Å². The highest BCUT2D eigenvalue weighted by Gasteiger charge is 2.44. The lowest BCUT2D eigenvalue weighted by atomic mass is 9.99. The molecule has 12 heteroatoms. The third-order valence-corrected chi connectivity index (χ3v) is 7.09. The lowest BCUT2D eigenvalue weighted by molar-refractivity contribution is -0.130. The minimum Gasteiger partial charge on any atom is -0.348 e. The van der Waals surface area contributed by atoms with Crippen LogP contribution in [0.25, 0.3) is 0 Å². The third kappa shape index (κ3) is 5.35. The first-order valence-electron chi connectivity index (χ1n) is 12.9. The molecular formula is C27H30N8O4. The van der Waals surface area contributed by atoms with Gasteiger partial charge in [-0.3, -0.25) is 29.1 Å². The third-order valence-electron chi connectivity index (χ3n) is 7.09. The fraction of sp³-hybridized carbons (Fsp3) is 0.370. The molecule has 2 aliphatic rings. The van der Waals surface area contributed by atoms with E-state index in [0.29, 0.717) is 30.5 Å². The average molecular weight is 531 g/mol. The molecule has 2 aliphatic heterocycles. The van der Waals surface area contributed by atoms with E-state index in [1.807, 2.05) is 32.0 Å². The zero-order chi connectivity index (χ0) is 27.5. The molecule has 0 spiro atoms. The van der Waals surface area contributed by atoms with E-state index in [0.717, 1.165) is 16.8 Å². The number of aryl methyl sites for hydroxylation is 1. The quantitative estimate of drug-likeness (QED) is 0.332. The van der Waals surface area contributed by atoms with Gasteiger partial charge in [0.15, 0.2) is 0 Å². The Morgan fingerprint density at radius 3 is 2.67 bits per heavy atom. The van der Waals surface area contributed by atoms with E-state index >= 15 is 0 Å². The van der Waals surface area contributed by atoms with Crippen LogP contribution in [-0.2, 0) is 33.8 Å². The van der Waals surface area contributed by atoms with E-state index in [2.05, 4.69) is 36.3 Å². The van der Waals surface area contributed by atoms with Gasteiger partial charge < -0.3 is 16.0 Å². The molecule has 3 atom stereocenters. The number of carbonyl (C=O) groups is 4. The molecule has 4 heterocycles. The zero-order valence-corrected chi connectivity index (χ0v) is 21.7. The lowest BCUT2D eigenvalue weighted by Gasteiger charge is -2.29. The van der Waals surface area contributed by atoms with Gasteiger partial charge in [0.1, 0.15) is 23.8 Å². The number of amides is 4. The number of nitrogens with zero attached hydrogens (tertiary/aromatic N) is 4. The van der Waals surface area contributed by atoms with E-state index in [1.54, 1.807) is 18.3 Å². The molecule has 202 valence electrons. The normalized spacial score (nSPS) is 18.7. The second-order valence-corrected chi connectivity index (χ2v) is 10.1. The van der Waals surface area contributed by atoms with Crippen molar-refractivity contribution in [3.8, 4) is 0 Å². The molecule has 0 saturated heterocycles. The van der Waals surface area contributed by atoms with Crippen LogP contribution in [0.4, 0.5) is 5.69 Å². The molecule has 0 bridgehead atoms. The first-order chi connectivity index (χ1) is 18.8. The van der Waals surface area contributed by atoms with Crippen molar-refractivity contribution in [2.45, 2.75) is 57.8 Å². The summed E-state index contributed by atoms with van der Waals surface area (Å²) in [6, 6.07) is 6.56. The Kier molecular flexibility index (Phi) is 7.35. The van der Waals surface area contributed by atoms with E-state index in [1.165, 1.54) is 17.3 Å². The van der Waals surface area contributed by atoms with Gasteiger partial charge in [0, 0.05) is 18.8 Å². The maximum absolute atomic E-state index is 13.9. The minimum atomic E-state index is -0.869. The van der Waals surface area contributed by atoms with E-state index in [4.69, 9.17) is 0 Å². The molecule has 0 aliphatic carbocycles. The number of H-pyrrole nitrogens is 1. The number of para-hydroxylation sites is 1. The van der Waals surface area contributed by atoms with Crippen LogP contribution >= 0.6 is 0 Å². The number of hydrogen-bond acceptors (Lipinski definition) is 7. The Bertz CT molecular complexity index is 1380. The zero-order valence-electron chi connectivity index (χ0n) is 21.7. The molecule has 0 radical (unpaired) electrons. The monoisotopic (exact) mass is 530 g/mol. The number of rotatable bonds is 8. The minimum absolute atomic E-state index is 0.171. The Balaban J connectivity index is 1.34. The van der Waals surface area contributed by atoms with Crippen LogP contribution in [0, 0.1) is 5.92 Å². The summed E-state index contributed by atoms with van der Waals surface area (Å²) in [5.74, 6) is -1.79. The van der Waals surface area contributed by atoms with Crippen molar-refractivity contribution in [3.63, 3.8) is 0 Å². The summed E-state index contributed by atoms with van der Waals surface area (Å²) in [5, 5.41) is 18.7. The van der Waals surface area contributed by atoms with Crippen molar-refractivity contribution in [3.05, 3.63) is 71.3 Å². The lowest BCUT2D eigenvalue weighted by Crippen LogP contribution is -2.58. The number of hydrogen-bond donors (Lipinski definition) is 4. The first kappa shape index (κ1) is 26.0. The van der Waals surface area contributed by atoms with Gasteiger partial charge in [0.2, 0.25) is 17.7 Å². The molecule has 4 amide bonds. The van der Waals surface area contributed by atoms with Crippen LogP contribution in [0.5, 0.6) is 0 Å². The van der Waals surface area contributed by atoms with Crippen molar-refractivity contribution >= 4 is 29.3 Å². The average Bonchev–Trinajstić information content (AvgIpc) is 3.57. The van der Waals surface area contributed by atoms with Gasteiger partial charge in [-0.15, -0.1) is 0 Å². The molecule has 2 aromatic heterocycles. The maximum Gasteiger partial charge on any atom is 0.253 e. The topological polar surface area (TPSA) is 162 Å². The number of carbonyl (C=O) groups excluding carboxylic acids is 4. The summed E-state index contributed by atoms with van der Waals surface area (Å²) in [4.78, 5) is 58.8. The summed E-state index contributed by atoms with van der Waals surface area (Å²) in [5.41, 5.74) is 3.51. The summed E-state index contributed by atoms with van der Waals surface area (Å²) >= 11 is 0. The molecule has 5 rings (SSSR count). The predicted molar refractivity (Wildman–Crippen MR) is 140 cm³/mol. The fourth-order valence-corrected chi connectivity index (χ4v) is 5.10. The second-order valence-electron chi connectivity index (χ2n) is 10.1. The van der Waals surface area contributed by atoms with Crippen LogP contribution in [-0.4, -0.2) is 62.1 Å². The number of pyridine rings is 1. The number of nitrogens with one attached hydrogen (secondary N) is 4. The molecule has 0 fully saturated rings. The van der Waals surface area contributed by atoms with E-state index < -0.39 is 29.9 Å². The van der Waals surface area contributed by atoms with Gasteiger partial charge >= 0.3 is 0 Å². The summed E-state index contributed by atoms with van der Waals surface area (Å²) in [7, 11) is 0. The van der Waals surface area contributed by atoms with Gasteiger partial charge in [0.25, 0.3) is 5.91 Å². The highest BCUT2D eigenvalue weighted by atomic mass is 16.2. The van der Waals surface area contributed by atoms with E-state index in [-0.39, 0.29) is 24.3 Å². The highest BCUT2D eigenvalue weighted by Crippen LogP contribution is 2.39. The largest absolute Gasteiger partial charge is 0.348 e. The second kappa shape index (κ2) is 11.0. The van der Waals surface area contributed by atoms with Crippen LogP contribution in [0.1, 0.15) is 47.4 Å². The van der Waals surface area contributed by atoms with Gasteiger partial charge in [0.05, 0.1) is 24.0 Å². The Hall–Kier alpha value is -4.61. The van der Waals surface area contributed by atoms with Crippen LogP contribution in [0.15, 0.2) is 48.9 Å². The first-order valence-corrected chi connectivity index (χ1v) is 12.9.